The van der Waals surface area contributed by atoms with Crippen LogP contribution in [0.4, 0.5) is 4.79 Å². The lowest BCUT2D eigenvalue weighted by molar-refractivity contribution is 0.0446. The molecular formula is C17H32N4O2. The van der Waals surface area contributed by atoms with Crippen LogP contribution in [0.5, 0.6) is 0 Å². The highest BCUT2D eigenvalue weighted by Crippen LogP contribution is 2.17. The Labute approximate surface area is 140 Å². The first kappa shape index (κ1) is 19.5. The van der Waals surface area contributed by atoms with Crippen LogP contribution in [0.1, 0.15) is 58.7 Å². The van der Waals surface area contributed by atoms with E-state index in [0.29, 0.717) is 6.54 Å². The van der Waals surface area contributed by atoms with Crippen molar-refractivity contribution in [3.63, 3.8) is 0 Å². The SMILES string of the molecule is CCC(CC)(CNCc1cnn(C)c1C)NC(=O)OC(C)(C)C. The fourth-order valence-electron chi connectivity index (χ4n) is 2.40. The fourth-order valence-corrected chi connectivity index (χ4v) is 2.40. The summed E-state index contributed by atoms with van der Waals surface area (Å²) in [7, 11) is 1.94. The van der Waals surface area contributed by atoms with Crippen molar-refractivity contribution >= 4 is 6.09 Å². The van der Waals surface area contributed by atoms with Crippen LogP contribution in [-0.2, 0) is 18.3 Å². The van der Waals surface area contributed by atoms with Gasteiger partial charge < -0.3 is 15.4 Å². The van der Waals surface area contributed by atoms with E-state index < -0.39 is 5.60 Å². The third-order valence-electron chi connectivity index (χ3n) is 4.24. The molecule has 0 aliphatic heterocycles. The molecule has 0 aromatic carbocycles. The van der Waals surface area contributed by atoms with E-state index in [1.807, 2.05) is 38.7 Å². The van der Waals surface area contributed by atoms with E-state index in [4.69, 9.17) is 4.74 Å². The maximum atomic E-state index is 12.1. The van der Waals surface area contributed by atoms with Gasteiger partial charge >= 0.3 is 6.09 Å². The third kappa shape index (κ3) is 5.86. The first-order valence-corrected chi connectivity index (χ1v) is 8.32. The second-order valence-corrected chi connectivity index (χ2v) is 7.10. The lowest BCUT2D eigenvalue weighted by atomic mass is 9.92. The van der Waals surface area contributed by atoms with E-state index in [-0.39, 0.29) is 11.6 Å². The molecule has 1 rings (SSSR count). The van der Waals surface area contributed by atoms with Crippen LogP contribution in [0.25, 0.3) is 0 Å². The highest BCUT2D eigenvalue weighted by molar-refractivity contribution is 5.68. The summed E-state index contributed by atoms with van der Waals surface area (Å²) in [6, 6.07) is 0. The highest BCUT2D eigenvalue weighted by Gasteiger charge is 2.30. The average Bonchev–Trinajstić information content (AvgIpc) is 2.76. The zero-order valence-corrected chi connectivity index (χ0v) is 15.6. The van der Waals surface area contributed by atoms with Crippen LogP contribution in [0.15, 0.2) is 6.20 Å². The number of amides is 1. The molecule has 6 nitrogen and oxygen atoms in total. The summed E-state index contributed by atoms with van der Waals surface area (Å²) in [6.45, 7) is 13.2. The van der Waals surface area contributed by atoms with E-state index in [1.54, 1.807) is 0 Å². The van der Waals surface area contributed by atoms with E-state index >= 15 is 0 Å². The normalized spacial score (nSPS) is 12.3. The molecule has 0 unspecified atom stereocenters. The first-order chi connectivity index (χ1) is 10.6. The third-order valence-corrected chi connectivity index (χ3v) is 4.24. The second kappa shape index (κ2) is 7.81. The minimum atomic E-state index is -0.489. The van der Waals surface area contributed by atoms with Gasteiger partial charge in [-0.3, -0.25) is 4.68 Å². The van der Waals surface area contributed by atoms with Gasteiger partial charge in [0.25, 0.3) is 0 Å². The van der Waals surface area contributed by atoms with E-state index in [0.717, 1.165) is 25.1 Å². The number of hydrogen-bond donors (Lipinski definition) is 2. The van der Waals surface area contributed by atoms with Gasteiger partial charge in [-0.1, -0.05) is 13.8 Å². The van der Waals surface area contributed by atoms with E-state index in [1.165, 1.54) is 5.56 Å². The number of alkyl carbamates (subject to hydrolysis) is 1. The average molecular weight is 324 g/mol. The Morgan fingerprint density at radius 2 is 1.91 bits per heavy atom. The van der Waals surface area contributed by atoms with Gasteiger partial charge in [0.05, 0.1) is 11.7 Å². The summed E-state index contributed by atoms with van der Waals surface area (Å²) in [5, 5.41) is 10.7. The van der Waals surface area contributed by atoms with Crippen molar-refractivity contribution in [1.29, 1.82) is 0 Å². The molecule has 2 N–H and O–H groups in total. The van der Waals surface area contributed by atoms with Gasteiger partial charge in [-0.05, 0) is 40.5 Å². The number of nitrogens with one attached hydrogen (secondary N) is 2. The number of aromatic nitrogens is 2. The summed E-state index contributed by atoms with van der Waals surface area (Å²) in [4.78, 5) is 12.1. The molecule has 0 saturated heterocycles. The van der Waals surface area contributed by atoms with Crippen LogP contribution in [-0.4, -0.2) is 33.6 Å². The fraction of sp³-hybridized carbons (Fsp3) is 0.765. The summed E-state index contributed by atoms with van der Waals surface area (Å²) < 4.78 is 7.26. The number of ether oxygens (including phenoxy) is 1. The van der Waals surface area contributed by atoms with Crippen molar-refractivity contribution in [3.05, 3.63) is 17.5 Å². The number of aryl methyl sites for hydroxylation is 1. The molecule has 0 radical (unpaired) electrons. The molecule has 0 aliphatic carbocycles. The van der Waals surface area contributed by atoms with Gasteiger partial charge in [0.2, 0.25) is 0 Å². The van der Waals surface area contributed by atoms with Crippen molar-refractivity contribution in [3.8, 4) is 0 Å². The Morgan fingerprint density at radius 1 is 1.30 bits per heavy atom. The lowest BCUT2D eigenvalue weighted by Crippen LogP contribution is -2.55. The molecule has 0 atom stereocenters. The molecule has 23 heavy (non-hydrogen) atoms. The van der Waals surface area contributed by atoms with Crippen molar-refractivity contribution in [1.82, 2.24) is 20.4 Å². The maximum Gasteiger partial charge on any atom is 0.408 e. The van der Waals surface area contributed by atoms with Crippen molar-refractivity contribution < 1.29 is 9.53 Å². The van der Waals surface area contributed by atoms with Gasteiger partial charge in [-0.25, -0.2) is 4.79 Å². The van der Waals surface area contributed by atoms with Crippen LogP contribution >= 0.6 is 0 Å². The van der Waals surface area contributed by atoms with Crippen LogP contribution in [0.2, 0.25) is 0 Å². The number of carbonyl (C=O) groups excluding carboxylic acids is 1. The standard InChI is InChI=1S/C17H32N4O2/c1-8-17(9-2,20-15(22)23-16(4,5)6)12-18-10-14-11-19-21(7)13(14)3/h11,18H,8-10,12H2,1-7H3,(H,20,22). The lowest BCUT2D eigenvalue weighted by Gasteiger charge is -2.34. The summed E-state index contributed by atoms with van der Waals surface area (Å²) in [6.07, 6.45) is 3.19. The van der Waals surface area contributed by atoms with Crippen molar-refractivity contribution in [2.45, 2.75) is 72.1 Å². The Hall–Kier alpha value is -1.56. The molecule has 1 amide bonds. The van der Waals surface area contributed by atoms with Crippen LogP contribution in [0.3, 0.4) is 0 Å². The zero-order chi connectivity index (χ0) is 17.7. The molecule has 1 aromatic heterocycles. The predicted octanol–water partition coefficient (Wildman–Crippen LogP) is 2.90. The molecule has 0 fully saturated rings. The maximum absolute atomic E-state index is 12.1. The molecule has 6 heteroatoms. The van der Waals surface area contributed by atoms with E-state index in [2.05, 4.69) is 36.5 Å². The summed E-state index contributed by atoms with van der Waals surface area (Å²) in [5.41, 5.74) is 1.53. The number of rotatable bonds is 7. The van der Waals surface area contributed by atoms with Crippen molar-refractivity contribution in [2.75, 3.05) is 6.54 Å². The molecule has 0 saturated carbocycles. The highest BCUT2D eigenvalue weighted by atomic mass is 16.6. The Balaban J connectivity index is 2.62. The Kier molecular flexibility index (Phi) is 6.62. The molecule has 0 bridgehead atoms. The van der Waals surface area contributed by atoms with Gasteiger partial charge in [-0.15, -0.1) is 0 Å². The minimum absolute atomic E-state index is 0.307. The summed E-state index contributed by atoms with van der Waals surface area (Å²) in [5.74, 6) is 0. The smallest absolute Gasteiger partial charge is 0.408 e. The predicted molar refractivity (Wildman–Crippen MR) is 92.3 cm³/mol. The molecule has 1 heterocycles. The molecule has 0 aliphatic rings. The van der Waals surface area contributed by atoms with Crippen LogP contribution < -0.4 is 10.6 Å². The monoisotopic (exact) mass is 324 g/mol. The van der Waals surface area contributed by atoms with Gasteiger partial charge in [-0.2, -0.15) is 5.10 Å². The first-order valence-electron chi connectivity index (χ1n) is 8.32. The van der Waals surface area contributed by atoms with E-state index in [9.17, 15) is 4.79 Å². The van der Waals surface area contributed by atoms with Gasteiger partial charge in [0.1, 0.15) is 5.60 Å². The zero-order valence-electron chi connectivity index (χ0n) is 15.6. The quantitative estimate of drug-likeness (QED) is 0.809. The molecule has 1 aromatic rings. The molecule has 0 spiro atoms. The number of nitrogens with zero attached hydrogens (tertiary/aromatic N) is 2. The largest absolute Gasteiger partial charge is 0.444 e. The Morgan fingerprint density at radius 3 is 2.35 bits per heavy atom. The Bertz CT molecular complexity index is 513. The number of hydrogen-bond acceptors (Lipinski definition) is 4. The van der Waals surface area contributed by atoms with Crippen molar-refractivity contribution in [2.24, 2.45) is 7.05 Å². The van der Waals surface area contributed by atoms with Gasteiger partial charge in [0, 0.05) is 31.4 Å². The molecular weight excluding hydrogens is 292 g/mol. The summed E-state index contributed by atoms with van der Waals surface area (Å²) >= 11 is 0. The van der Waals surface area contributed by atoms with Crippen LogP contribution in [0, 0.1) is 6.92 Å². The minimum Gasteiger partial charge on any atom is -0.444 e. The topological polar surface area (TPSA) is 68.2 Å². The van der Waals surface area contributed by atoms with Gasteiger partial charge in [0.15, 0.2) is 0 Å². The second-order valence-electron chi connectivity index (χ2n) is 7.10. The molecule has 132 valence electrons. The number of carbonyl (C=O) groups is 1.